The summed E-state index contributed by atoms with van der Waals surface area (Å²) in [5, 5.41) is 8.70. The predicted molar refractivity (Wildman–Crippen MR) is 123 cm³/mol. The number of carbonyl (C=O) groups is 1. The number of thioether (sulfide) groups is 1. The van der Waals surface area contributed by atoms with Crippen LogP contribution in [0.4, 0.5) is 5.69 Å². The summed E-state index contributed by atoms with van der Waals surface area (Å²) >= 11 is 2.90. The summed E-state index contributed by atoms with van der Waals surface area (Å²) in [6, 6.07) is 0.169. The first-order chi connectivity index (χ1) is 14.3. The zero-order valence-electron chi connectivity index (χ0n) is 18.0. The molecule has 1 fully saturated rings. The van der Waals surface area contributed by atoms with Gasteiger partial charge in [-0.3, -0.25) is 18.8 Å². The van der Waals surface area contributed by atoms with Crippen molar-refractivity contribution in [1.29, 1.82) is 0 Å². The number of nitrogens with one attached hydrogen (secondary N) is 1. The van der Waals surface area contributed by atoms with E-state index in [0.717, 1.165) is 63.4 Å². The monoisotopic (exact) mass is 445 g/mol. The van der Waals surface area contributed by atoms with Gasteiger partial charge in [0.15, 0.2) is 5.16 Å². The van der Waals surface area contributed by atoms with E-state index in [1.165, 1.54) is 11.8 Å². The van der Waals surface area contributed by atoms with E-state index < -0.39 is 0 Å². The van der Waals surface area contributed by atoms with Crippen molar-refractivity contribution in [2.45, 2.75) is 64.6 Å². The zero-order chi connectivity index (χ0) is 21.6. The molecule has 0 radical (unpaired) electrons. The third kappa shape index (κ3) is 3.69. The van der Waals surface area contributed by atoms with Crippen LogP contribution in [0.3, 0.4) is 0 Å². The average molecular weight is 446 g/mol. The maximum Gasteiger partial charge on any atom is 0.263 e. The average Bonchev–Trinajstić information content (AvgIpc) is 3.37. The first kappa shape index (κ1) is 21.1. The van der Waals surface area contributed by atoms with Crippen molar-refractivity contribution < 1.29 is 4.79 Å². The lowest BCUT2D eigenvalue weighted by atomic mass is 10.2. The van der Waals surface area contributed by atoms with E-state index in [0.29, 0.717) is 5.16 Å². The molecule has 30 heavy (non-hydrogen) atoms. The van der Waals surface area contributed by atoms with E-state index in [1.807, 2.05) is 39.3 Å². The van der Waals surface area contributed by atoms with Crippen LogP contribution in [0.15, 0.2) is 9.95 Å². The second-order valence-corrected chi connectivity index (χ2v) is 10.1. The fraction of sp³-hybridized carbons (Fsp3) is 0.524. The quantitative estimate of drug-likeness (QED) is 0.468. The summed E-state index contributed by atoms with van der Waals surface area (Å²) in [6.45, 7) is 7.83. The largest absolute Gasteiger partial charge is 0.322 e. The van der Waals surface area contributed by atoms with Crippen molar-refractivity contribution in [3.8, 4) is 0 Å². The van der Waals surface area contributed by atoms with Crippen molar-refractivity contribution in [1.82, 2.24) is 19.3 Å². The number of amides is 1. The minimum absolute atomic E-state index is 0.0376. The molecule has 7 nitrogen and oxygen atoms in total. The van der Waals surface area contributed by atoms with E-state index in [-0.39, 0.29) is 23.3 Å². The number of anilines is 1. The summed E-state index contributed by atoms with van der Waals surface area (Å²) in [4.78, 5) is 32.8. The van der Waals surface area contributed by atoms with Gasteiger partial charge in [0.25, 0.3) is 5.56 Å². The van der Waals surface area contributed by atoms with Gasteiger partial charge < -0.3 is 5.32 Å². The number of hydrogen-bond donors (Lipinski definition) is 1. The number of aryl methyl sites for hydroxylation is 4. The predicted octanol–water partition coefficient (Wildman–Crippen LogP) is 4.27. The Balaban J connectivity index is 1.63. The molecule has 0 aliphatic heterocycles. The molecule has 1 aliphatic carbocycles. The molecule has 3 aromatic heterocycles. The number of rotatable bonds is 5. The lowest BCUT2D eigenvalue weighted by molar-refractivity contribution is -0.113. The van der Waals surface area contributed by atoms with Gasteiger partial charge in [-0.15, -0.1) is 11.3 Å². The molecule has 1 aliphatic rings. The Morgan fingerprint density at radius 3 is 2.57 bits per heavy atom. The molecule has 0 atom stereocenters. The molecule has 0 unspecified atom stereocenters. The van der Waals surface area contributed by atoms with Crippen LogP contribution in [0, 0.1) is 27.7 Å². The SMILES string of the molecule is Cc1nn(C)c(C)c1NC(=O)CSc1nc2sc(C)c(C)c2c(=O)n1C1CCCC1. The standard InChI is InChI=1S/C21H27N5O2S2/c1-11-14(4)30-19-17(11)20(28)26(15-8-6-7-9-15)21(23-19)29-10-16(27)22-18-12(2)24-25(5)13(18)3/h15H,6-10H2,1-5H3,(H,22,27). The summed E-state index contributed by atoms with van der Waals surface area (Å²) in [6.07, 6.45) is 4.23. The highest BCUT2D eigenvalue weighted by Crippen LogP contribution is 2.34. The van der Waals surface area contributed by atoms with Crippen molar-refractivity contribution in [3.63, 3.8) is 0 Å². The Kier molecular flexibility index (Phi) is 5.76. The van der Waals surface area contributed by atoms with Crippen molar-refractivity contribution in [2.24, 2.45) is 7.05 Å². The first-order valence-corrected chi connectivity index (χ1v) is 12.0. The number of thiophene rings is 1. The number of carbonyl (C=O) groups excluding carboxylic acids is 1. The number of fused-ring (bicyclic) bond motifs is 1. The van der Waals surface area contributed by atoms with Crippen molar-refractivity contribution >= 4 is 44.9 Å². The maximum atomic E-state index is 13.4. The Bertz CT molecular complexity index is 1180. The Hall–Kier alpha value is -2.13. The van der Waals surface area contributed by atoms with Crippen LogP contribution in [-0.2, 0) is 11.8 Å². The summed E-state index contributed by atoms with van der Waals surface area (Å²) < 4.78 is 3.61. The molecule has 3 heterocycles. The Labute approximate surface area is 183 Å². The van der Waals surface area contributed by atoms with Crippen LogP contribution < -0.4 is 10.9 Å². The van der Waals surface area contributed by atoms with Crippen LogP contribution in [0.5, 0.6) is 0 Å². The fourth-order valence-corrected chi connectivity index (χ4v) is 6.07. The van der Waals surface area contributed by atoms with Crippen LogP contribution >= 0.6 is 23.1 Å². The molecule has 0 spiro atoms. The zero-order valence-corrected chi connectivity index (χ0v) is 19.7. The van der Waals surface area contributed by atoms with Crippen molar-refractivity contribution in [3.05, 3.63) is 32.2 Å². The van der Waals surface area contributed by atoms with E-state index >= 15 is 0 Å². The molecule has 3 aromatic rings. The molecule has 160 valence electrons. The van der Waals surface area contributed by atoms with E-state index in [9.17, 15) is 9.59 Å². The van der Waals surface area contributed by atoms with Gasteiger partial charge in [-0.05, 0) is 46.1 Å². The van der Waals surface area contributed by atoms with Gasteiger partial charge in [-0.25, -0.2) is 4.98 Å². The van der Waals surface area contributed by atoms with Gasteiger partial charge in [0.2, 0.25) is 5.91 Å². The molecule has 0 aromatic carbocycles. The maximum absolute atomic E-state index is 13.4. The third-order valence-electron chi connectivity index (χ3n) is 6.00. The van der Waals surface area contributed by atoms with Gasteiger partial charge in [0.05, 0.1) is 28.2 Å². The summed E-state index contributed by atoms with van der Waals surface area (Å²) in [7, 11) is 1.86. The minimum Gasteiger partial charge on any atom is -0.322 e. The molecule has 1 amide bonds. The van der Waals surface area contributed by atoms with Crippen LogP contribution in [0.25, 0.3) is 10.2 Å². The highest BCUT2D eigenvalue weighted by Gasteiger charge is 2.25. The third-order valence-corrected chi connectivity index (χ3v) is 8.05. The molecule has 0 bridgehead atoms. The summed E-state index contributed by atoms with van der Waals surface area (Å²) in [5.41, 5.74) is 3.52. The lowest BCUT2D eigenvalue weighted by Gasteiger charge is -2.18. The first-order valence-electron chi connectivity index (χ1n) is 10.2. The van der Waals surface area contributed by atoms with Crippen molar-refractivity contribution in [2.75, 3.05) is 11.1 Å². The highest BCUT2D eigenvalue weighted by molar-refractivity contribution is 7.99. The summed E-state index contributed by atoms with van der Waals surface area (Å²) in [5.74, 6) is 0.0759. The topological polar surface area (TPSA) is 81.8 Å². The smallest absolute Gasteiger partial charge is 0.263 e. The van der Waals surface area contributed by atoms with E-state index in [4.69, 9.17) is 4.98 Å². The van der Waals surface area contributed by atoms with Gasteiger partial charge >= 0.3 is 0 Å². The molecule has 9 heteroatoms. The number of aromatic nitrogens is 4. The fourth-order valence-electron chi connectivity index (χ4n) is 4.13. The highest BCUT2D eigenvalue weighted by atomic mass is 32.2. The molecule has 1 saturated carbocycles. The molecule has 4 rings (SSSR count). The second kappa shape index (κ2) is 8.19. The van der Waals surface area contributed by atoms with Gasteiger partial charge in [-0.2, -0.15) is 5.10 Å². The number of hydrogen-bond acceptors (Lipinski definition) is 6. The normalized spacial score (nSPS) is 14.7. The lowest BCUT2D eigenvalue weighted by Crippen LogP contribution is -2.27. The molecule has 0 saturated heterocycles. The van der Waals surface area contributed by atoms with Crippen LogP contribution in [0.1, 0.15) is 53.6 Å². The van der Waals surface area contributed by atoms with E-state index in [1.54, 1.807) is 16.0 Å². The van der Waals surface area contributed by atoms with Gasteiger partial charge in [0, 0.05) is 18.0 Å². The minimum atomic E-state index is -0.120. The van der Waals surface area contributed by atoms with Crippen LogP contribution in [0.2, 0.25) is 0 Å². The molecule has 1 N–H and O–H groups in total. The second-order valence-electron chi connectivity index (χ2n) is 7.98. The van der Waals surface area contributed by atoms with Gasteiger partial charge in [0.1, 0.15) is 4.83 Å². The molecular formula is C21H27N5O2S2. The van der Waals surface area contributed by atoms with E-state index in [2.05, 4.69) is 10.4 Å². The number of nitrogens with zero attached hydrogens (tertiary/aromatic N) is 4. The Morgan fingerprint density at radius 1 is 1.23 bits per heavy atom. The van der Waals surface area contributed by atoms with Gasteiger partial charge in [-0.1, -0.05) is 24.6 Å². The van der Waals surface area contributed by atoms with Crippen LogP contribution in [-0.4, -0.2) is 31.0 Å². The Morgan fingerprint density at radius 2 is 1.93 bits per heavy atom. The molecular weight excluding hydrogens is 418 g/mol.